The number of aliphatic hydroxyl groups is 1. The van der Waals surface area contributed by atoms with Crippen LogP contribution in [-0.2, 0) is 24.0 Å². The number of aryl methyl sites for hydroxylation is 1. The van der Waals surface area contributed by atoms with E-state index in [9.17, 15) is 23.1 Å². The summed E-state index contributed by atoms with van der Waals surface area (Å²) in [6.45, 7) is 1.93. The highest BCUT2D eigenvalue weighted by Crippen LogP contribution is 2.41. The maximum absolute atomic E-state index is 13.5. The Labute approximate surface area is 136 Å². The standard InChI is InChI=1S/C15H18F3N3O3/c1-3-21(9-11-4-7-24-10-11)12(22)8-14(23,15(16,17)18)13-19-5-6-20(13)2/h4-7,10,23H,3,8-9H2,1-2H3. The van der Waals surface area contributed by atoms with Crippen molar-refractivity contribution in [2.75, 3.05) is 6.54 Å². The van der Waals surface area contributed by atoms with Gasteiger partial charge in [0.2, 0.25) is 11.5 Å². The van der Waals surface area contributed by atoms with Gasteiger partial charge in [-0.05, 0) is 13.0 Å². The first-order valence-electron chi connectivity index (χ1n) is 7.24. The summed E-state index contributed by atoms with van der Waals surface area (Å²) in [4.78, 5) is 17.2. The monoisotopic (exact) mass is 345 g/mol. The highest BCUT2D eigenvalue weighted by molar-refractivity contribution is 5.77. The minimum atomic E-state index is -5.04. The molecule has 132 valence electrons. The maximum Gasteiger partial charge on any atom is 0.425 e. The van der Waals surface area contributed by atoms with Crippen LogP contribution >= 0.6 is 0 Å². The highest BCUT2D eigenvalue weighted by Gasteiger charge is 2.58. The molecule has 1 amide bonds. The summed E-state index contributed by atoms with van der Waals surface area (Å²) in [5, 5.41) is 10.3. The first-order valence-corrected chi connectivity index (χ1v) is 7.24. The van der Waals surface area contributed by atoms with Gasteiger partial charge in [-0.25, -0.2) is 4.98 Å². The van der Waals surface area contributed by atoms with Crippen LogP contribution in [0.3, 0.4) is 0 Å². The Hall–Kier alpha value is -2.29. The zero-order valence-electron chi connectivity index (χ0n) is 13.2. The van der Waals surface area contributed by atoms with Gasteiger partial charge >= 0.3 is 6.18 Å². The Morgan fingerprint density at radius 1 is 1.46 bits per heavy atom. The van der Waals surface area contributed by atoms with Gasteiger partial charge in [0.1, 0.15) is 0 Å². The minimum absolute atomic E-state index is 0.0976. The third-order valence-electron chi connectivity index (χ3n) is 3.76. The lowest BCUT2D eigenvalue weighted by Crippen LogP contribution is -2.48. The number of furan rings is 1. The quantitative estimate of drug-likeness (QED) is 0.871. The zero-order valence-corrected chi connectivity index (χ0v) is 13.2. The Kier molecular flexibility index (Phi) is 5.02. The lowest BCUT2D eigenvalue weighted by atomic mass is 9.96. The average molecular weight is 345 g/mol. The predicted octanol–water partition coefficient (Wildman–Crippen LogP) is 2.20. The zero-order chi connectivity index (χ0) is 18.0. The largest absolute Gasteiger partial charge is 0.472 e. The van der Waals surface area contributed by atoms with Crippen molar-refractivity contribution in [2.24, 2.45) is 7.05 Å². The number of nitrogens with zero attached hydrogens (tertiary/aromatic N) is 3. The Bertz CT molecular complexity index is 682. The lowest BCUT2D eigenvalue weighted by Gasteiger charge is -2.31. The molecule has 0 aliphatic carbocycles. The molecule has 0 aliphatic heterocycles. The summed E-state index contributed by atoms with van der Waals surface area (Å²) in [6.07, 6.45) is -0.957. The van der Waals surface area contributed by atoms with E-state index >= 15 is 0 Å². The molecule has 6 nitrogen and oxygen atoms in total. The van der Waals surface area contributed by atoms with Gasteiger partial charge in [0.25, 0.3) is 0 Å². The van der Waals surface area contributed by atoms with Gasteiger partial charge in [0.15, 0.2) is 5.82 Å². The van der Waals surface area contributed by atoms with Crippen LogP contribution in [0.2, 0.25) is 0 Å². The molecule has 1 atom stereocenters. The Morgan fingerprint density at radius 2 is 2.17 bits per heavy atom. The number of carbonyl (C=O) groups is 1. The molecule has 2 heterocycles. The van der Waals surface area contributed by atoms with Crippen LogP contribution < -0.4 is 0 Å². The van der Waals surface area contributed by atoms with Crippen molar-refractivity contribution in [2.45, 2.75) is 31.7 Å². The number of carbonyl (C=O) groups excluding carboxylic acids is 1. The molecule has 0 radical (unpaired) electrons. The van der Waals surface area contributed by atoms with Gasteiger partial charge in [-0.3, -0.25) is 4.79 Å². The molecule has 2 aromatic rings. The van der Waals surface area contributed by atoms with Crippen LogP contribution in [0.1, 0.15) is 24.7 Å². The predicted molar refractivity (Wildman–Crippen MR) is 77.6 cm³/mol. The fourth-order valence-electron chi connectivity index (χ4n) is 2.38. The number of amides is 1. The minimum Gasteiger partial charge on any atom is -0.472 e. The van der Waals surface area contributed by atoms with Crippen LogP contribution in [0.15, 0.2) is 35.4 Å². The van der Waals surface area contributed by atoms with Crippen molar-refractivity contribution in [1.29, 1.82) is 0 Å². The average Bonchev–Trinajstić information content (AvgIpc) is 3.14. The molecule has 1 unspecified atom stereocenters. The van der Waals surface area contributed by atoms with Crippen LogP contribution in [0.25, 0.3) is 0 Å². The number of hydrogen-bond donors (Lipinski definition) is 1. The fourth-order valence-corrected chi connectivity index (χ4v) is 2.38. The molecule has 0 saturated heterocycles. The molecular formula is C15H18F3N3O3. The van der Waals surface area contributed by atoms with Gasteiger partial charge in [0, 0.05) is 38.1 Å². The molecule has 2 aromatic heterocycles. The van der Waals surface area contributed by atoms with Crippen molar-refractivity contribution in [3.63, 3.8) is 0 Å². The number of alkyl halides is 3. The number of aromatic nitrogens is 2. The third kappa shape index (κ3) is 3.45. The fraction of sp³-hybridized carbons (Fsp3) is 0.467. The second-order valence-corrected chi connectivity index (χ2v) is 5.44. The number of hydrogen-bond acceptors (Lipinski definition) is 4. The van der Waals surface area contributed by atoms with Crippen LogP contribution in [0.4, 0.5) is 13.2 Å². The third-order valence-corrected chi connectivity index (χ3v) is 3.76. The number of halogens is 3. The van der Waals surface area contributed by atoms with E-state index in [1.807, 2.05) is 0 Å². The molecule has 9 heteroatoms. The van der Waals surface area contributed by atoms with E-state index in [2.05, 4.69) is 4.98 Å². The number of imidazole rings is 1. The molecule has 0 saturated carbocycles. The topological polar surface area (TPSA) is 71.5 Å². The van der Waals surface area contributed by atoms with Crippen LogP contribution in [-0.4, -0.2) is 38.2 Å². The van der Waals surface area contributed by atoms with Crippen molar-refractivity contribution < 1.29 is 27.5 Å². The van der Waals surface area contributed by atoms with Crippen molar-refractivity contribution in [3.8, 4) is 0 Å². The summed E-state index contributed by atoms with van der Waals surface area (Å²) in [5.41, 5.74) is -2.70. The highest BCUT2D eigenvalue weighted by atomic mass is 19.4. The van der Waals surface area contributed by atoms with Crippen LogP contribution in [0.5, 0.6) is 0 Å². The van der Waals surface area contributed by atoms with Gasteiger partial charge in [-0.1, -0.05) is 0 Å². The summed E-state index contributed by atoms with van der Waals surface area (Å²) in [6, 6.07) is 1.62. The normalized spacial score (nSPS) is 14.4. The maximum atomic E-state index is 13.5. The first kappa shape index (κ1) is 18.1. The first-order chi connectivity index (χ1) is 11.2. The molecule has 2 rings (SSSR count). The van der Waals surface area contributed by atoms with E-state index in [1.54, 1.807) is 13.0 Å². The Morgan fingerprint density at radius 3 is 2.62 bits per heavy atom. The van der Waals surface area contributed by atoms with Gasteiger partial charge < -0.3 is 19.0 Å². The van der Waals surface area contributed by atoms with Crippen LogP contribution in [0, 0.1) is 0 Å². The number of rotatable bonds is 6. The molecule has 0 aromatic carbocycles. The van der Waals surface area contributed by atoms with E-state index in [1.165, 1.54) is 30.7 Å². The van der Waals surface area contributed by atoms with Gasteiger partial charge in [-0.15, -0.1) is 0 Å². The summed E-state index contributed by atoms with van der Waals surface area (Å²) in [5.74, 6) is -1.45. The summed E-state index contributed by atoms with van der Waals surface area (Å²) in [7, 11) is 1.33. The Balaban J connectivity index is 2.26. The second kappa shape index (κ2) is 6.68. The van der Waals surface area contributed by atoms with E-state index in [4.69, 9.17) is 4.42 Å². The SMILES string of the molecule is CCN(Cc1ccoc1)C(=O)CC(O)(c1nccn1C)C(F)(F)F. The summed E-state index contributed by atoms with van der Waals surface area (Å²) >= 11 is 0. The molecule has 0 bridgehead atoms. The molecule has 0 spiro atoms. The lowest BCUT2D eigenvalue weighted by molar-refractivity contribution is -0.272. The van der Waals surface area contributed by atoms with E-state index in [-0.39, 0.29) is 13.1 Å². The molecule has 0 aliphatic rings. The summed E-state index contributed by atoms with van der Waals surface area (Å²) < 4.78 is 46.3. The molecular weight excluding hydrogens is 327 g/mol. The smallest absolute Gasteiger partial charge is 0.425 e. The van der Waals surface area contributed by atoms with E-state index < -0.39 is 29.9 Å². The second-order valence-electron chi connectivity index (χ2n) is 5.44. The van der Waals surface area contributed by atoms with Crippen molar-refractivity contribution in [3.05, 3.63) is 42.4 Å². The van der Waals surface area contributed by atoms with E-state index in [0.717, 1.165) is 10.8 Å². The van der Waals surface area contributed by atoms with Gasteiger partial charge in [-0.2, -0.15) is 13.2 Å². The van der Waals surface area contributed by atoms with Gasteiger partial charge in [0.05, 0.1) is 18.9 Å². The molecule has 24 heavy (non-hydrogen) atoms. The molecule has 0 fully saturated rings. The van der Waals surface area contributed by atoms with Crippen molar-refractivity contribution in [1.82, 2.24) is 14.5 Å². The van der Waals surface area contributed by atoms with E-state index in [0.29, 0.717) is 5.56 Å². The van der Waals surface area contributed by atoms with Crippen molar-refractivity contribution >= 4 is 5.91 Å². The molecule has 1 N–H and O–H groups in total.